The molecule has 88 valence electrons. The summed E-state index contributed by atoms with van der Waals surface area (Å²) in [6.07, 6.45) is -3.95. The van der Waals surface area contributed by atoms with E-state index in [1.165, 1.54) is 13.8 Å². The van der Waals surface area contributed by atoms with E-state index in [9.17, 15) is 23.1 Å². The Balaban J connectivity index is 2.82. The highest BCUT2D eigenvalue weighted by molar-refractivity contribution is 5.82. The summed E-state index contributed by atoms with van der Waals surface area (Å²) in [6.45, 7) is 2.90. The molecular formula is C9H14F3NO2. The lowest BCUT2D eigenvalue weighted by Crippen LogP contribution is -2.52. The maximum absolute atomic E-state index is 12.2. The molecule has 1 N–H and O–H groups in total. The first-order valence-corrected chi connectivity index (χ1v) is 4.74. The standard InChI is InChI=1S/C9H14F3NO2/c1-8(2,15)6-4-3-5-13(6)7(14)9(10,11)12/h6,15H,3-5H2,1-2H3/t6-/m1/s1. The fourth-order valence-corrected chi connectivity index (χ4v) is 1.91. The fourth-order valence-electron chi connectivity index (χ4n) is 1.91. The van der Waals surface area contributed by atoms with Crippen molar-refractivity contribution in [2.75, 3.05) is 6.54 Å². The molecule has 15 heavy (non-hydrogen) atoms. The number of nitrogens with zero attached hydrogens (tertiary/aromatic N) is 1. The van der Waals surface area contributed by atoms with Crippen molar-refractivity contribution in [3.05, 3.63) is 0 Å². The van der Waals surface area contributed by atoms with E-state index in [0.717, 1.165) is 4.90 Å². The summed E-state index contributed by atoms with van der Waals surface area (Å²) in [5.41, 5.74) is -1.29. The molecule has 0 unspecified atom stereocenters. The minimum absolute atomic E-state index is 0.0625. The van der Waals surface area contributed by atoms with Crippen LogP contribution in [0.4, 0.5) is 13.2 Å². The zero-order chi connectivity index (χ0) is 11.9. The van der Waals surface area contributed by atoms with Crippen LogP contribution in [0.15, 0.2) is 0 Å². The van der Waals surface area contributed by atoms with Crippen LogP contribution in [-0.2, 0) is 4.79 Å². The van der Waals surface area contributed by atoms with Crippen LogP contribution in [0.2, 0.25) is 0 Å². The van der Waals surface area contributed by atoms with Gasteiger partial charge in [-0.3, -0.25) is 4.79 Å². The number of carbonyl (C=O) groups excluding carboxylic acids is 1. The summed E-state index contributed by atoms with van der Waals surface area (Å²) in [4.78, 5) is 11.7. The zero-order valence-electron chi connectivity index (χ0n) is 8.64. The van der Waals surface area contributed by atoms with Crippen molar-refractivity contribution in [2.24, 2.45) is 0 Å². The molecule has 1 fully saturated rings. The summed E-state index contributed by atoms with van der Waals surface area (Å²) < 4.78 is 36.6. The normalized spacial score (nSPS) is 23.3. The molecule has 1 aliphatic heterocycles. The molecule has 0 aromatic heterocycles. The predicted molar refractivity (Wildman–Crippen MR) is 47.1 cm³/mol. The van der Waals surface area contributed by atoms with Gasteiger partial charge in [0.2, 0.25) is 0 Å². The zero-order valence-corrected chi connectivity index (χ0v) is 8.64. The maximum Gasteiger partial charge on any atom is 0.471 e. The lowest BCUT2D eigenvalue weighted by molar-refractivity contribution is -0.189. The van der Waals surface area contributed by atoms with E-state index in [0.29, 0.717) is 12.8 Å². The van der Waals surface area contributed by atoms with Crippen LogP contribution in [-0.4, -0.2) is 40.3 Å². The largest absolute Gasteiger partial charge is 0.471 e. The van der Waals surface area contributed by atoms with E-state index in [1.54, 1.807) is 0 Å². The number of halogens is 3. The van der Waals surface area contributed by atoms with E-state index in [-0.39, 0.29) is 6.54 Å². The predicted octanol–water partition coefficient (Wildman–Crippen LogP) is 1.31. The summed E-state index contributed by atoms with van der Waals surface area (Å²) in [5.74, 6) is -1.85. The van der Waals surface area contributed by atoms with Gasteiger partial charge in [0, 0.05) is 6.54 Å². The summed E-state index contributed by atoms with van der Waals surface area (Å²) >= 11 is 0. The van der Waals surface area contributed by atoms with Gasteiger partial charge in [0.1, 0.15) is 0 Å². The molecular weight excluding hydrogens is 211 g/mol. The molecule has 1 amide bonds. The topological polar surface area (TPSA) is 40.5 Å². The third-order valence-electron chi connectivity index (χ3n) is 2.57. The molecule has 0 saturated carbocycles. The minimum Gasteiger partial charge on any atom is -0.388 e. The van der Waals surface area contributed by atoms with Gasteiger partial charge in [-0.1, -0.05) is 0 Å². The van der Waals surface area contributed by atoms with Crippen molar-refractivity contribution in [3.63, 3.8) is 0 Å². The minimum atomic E-state index is -4.85. The van der Waals surface area contributed by atoms with Crippen LogP contribution >= 0.6 is 0 Å². The molecule has 0 aromatic carbocycles. The molecule has 0 radical (unpaired) electrons. The summed E-state index contributed by atoms with van der Waals surface area (Å²) in [5, 5.41) is 9.64. The van der Waals surface area contributed by atoms with Crippen molar-refractivity contribution in [1.29, 1.82) is 0 Å². The van der Waals surface area contributed by atoms with Crippen LogP contribution < -0.4 is 0 Å². The highest BCUT2D eigenvalue weighted by Gasteiger charge is 2.48. The highest BCUT2D eigenvalue weighted by Crippen LogP contribution is 2.30. The fraction of sp³-hybridized carbons (Fsp3) is 0.889. The number of likely N-dealkylation sites (tertiary alicyclic amines) is 1. The smallest absolute Gasteiger partial charge is 0.388 e. The Morgan fingerprint density at radius 1 is 1.40 bits per heavy atom. The van der Waals surface area contributed by atoms with Gasteiger partial charge in [-0.2, -0.15) is 13.2 Å². The van der Waals surface area contributed by atoms with Crippen molar-refractivity contribution in [3.8, 4) is 0 Å². The molecule has 3 nitrogen and oxygen atoms in total. The van der Waals surface area contributed by atoms with Gasteiger partial charge < -0.3 is 10.0 Å². The summed E-state index contributed by atoms with van der Waals surface area (Å²) in [6, 6.07) is -0.744. The summed E-state index contributed by atoms with van der Waals surface area (Å²) in [7, 11) is 0. The second-order valence-electron chi connectivity index (χ2n) is 4.31. The average Bonchev–Trinajstić information content (AvgIpc) is 2.47. The van der Waals surface area contributed by atoms with Crippen molar-refractivity contribution >= 4 is 5.91 Å². The number of amides is 1. The molecule has 1 rings (SSSR count). The molecule has 1 saturated heterocycles. The second kappa shape index (κ2) is 3.66. The van der Waals surface area contributed by atoms with Gasteiger partial charge >= 0.3 is 12.1 Å². The Morgan fingerprint density at radius 3 is 2.33 bits per heavy atom. The number of aliphatic hydroxyl groups is 1. The SMILES string of the molecule is CC(C)(O)[C@H]1CCCN1C(=O)C(F)(F)F. The van der Waals surface area contributed by atoms with E-state index in [1.807, 2.05) is 0 Å². The van der Waals surface area contributed by atoms with Gasteiger partial charge in [-0.05, 0) is 26.7 Å². The van der Waals surface area contributed by atoms with Crippen molar-refractivity contribution in [1.82, 2.24) is 4.90 Å². The van der Waals surface area contributed by atoms with Gasteiger partial charge in [-0.25, -0.2) is 0 Å². The van der Waals surface area contributed by atoms with Crippen LogP contribution in [0.25, 0.3) is 0 Å². The van der Waals surface area contributed by atoms with Crippen LogP contribution in [0.5, 0.6) is 0 Å². The quantitative estimate of drug-likeness (QED) is 0.731. The molecule has 0 aromatic rings. The molecule has 0 spiro atoms. The Bertz CT molecular complexity index is 257. The lowest BCUT2D eigenvalue weighted by atomic mass is 9.96. The van der Waals surface area contributed by atoms with Crippen molar-refractivity contribution in [2.45, 2.75) is 44.5 Å². The number of carbonyl (C=O) groups is 1. The number of alkyl halides is 3. The molecule has 0 aliphatic carbocycles. The Labute approximate surface area is 85.9 Å². The van der Waals surface area contributed by atoms with Gasteiger partial charge in [-0.15, -0.1) is 0 Å². The van der Waals surface area contributed by atoms with Crippen LogP contribution in [0.1, 0.15) is 26.7 Å². The Hall–Kier alpha value is -0.780. The second-order valence-corrected chi connectivity index (χ2v) is 4.31. The highest BCUT2D eigenvalue weighted by atomic mass is 19.4. The maximum atomic E-state index is 12.2. The van der Waals surface area contributed by atoms with E-state index < -0.39 is 23.7 Å². The number of rotatable bonds is 1. The molecule has 6 heteroatoms. The van der Waals surface area contributed by atoms with E-state index >= 15 is 0 Å². The lowest BCUT2D eigenvalue weighted by Gasteiger charge is -2.34. The van der Waals surface area contributed by atoms with Crippen LogP contribution in [0.3, 0.4) is 0 Å². The Kier molecular flexibility index (Phi) is 3.00. The van der Waals surface area contributed by atoms with E-state index in [2.05, 4.69) is 0 Å². The molecule has 1 aliphatic rings. The van der Waals surface area contributed by atoms with Gasteiger partial charge in [0.15, 0.2) is 0 Å². The molecule has 1 atom stereocenters. The average molecular weight is 225 g/mol. The first-order valence-electron chi connectivity index (χ1n) is 4.74. The first-order chi connectivity index (χ1) is 6.64. The number of hydrogen-bond donors (Lipinski definition) is 1. The van der Waals surface area contributed by atoms with Gasteiger partial charge in [0.05, 0.1) is 11.6 Å². The molecule has 0 bridgehead atoms. The molecule has 1 heterocycles. The third kappa shape index (κ3) is 2.62. The monoisotopic (exact) mass is 225 g/mol. The van der Waals surface area contributed by atoms with Crippen molar-refractivity contribution < 1.29 is 23.1 Å². The number of hydrogen-bond acceptors (Lipinski definition) is 2. The first kappa shape index (κ1) is 12.3. The van der Waals surface area contributed by atoms with Gasteiger partial charge in [0.25, 0.3) is 0 Å². The Morgan fingerprint density at radius 2 is 1.93 bits per heavy atom. The van der Waals surface area contributed by atoms with Crippen LogP contribution in [0, 0.1) is 0 Å². The third-order valence-corrected chi connectivity index (χ3v) is 2.57. The van der Waals surface area contributed by atoms with E-state index in [4.69, 9.17) is 0 Å².